The Balaban J connectivity index is 1.60. The topological polar surface area (TPSA) is 102 Å². The van der Waals surface area contributed by atoms with E-state index in [2.05, 4.69) is 5.32 Å². The zero-order valence-corrected chi connectivity index (χ0v) is 16.1. The predicted octanol–water partition coefficient (Wildman–Crippen LogP) is 2.25. The van der Waals surface area contributed by atoms with Crippen LogP contribution >= 0.6 is 0 Å². The molecular formula is C21H19FN2O6. The van der Waals surface area contributed by atoms with E-state index in [1.54, 1.807) is 0 Å². The maximum Gasteiger partial charge on any atom is 0.338 e. The number of halogens is 1. The molecule has 2 aromatic rings. The van der Waals surface area contributed by atoms with Crippen LogP contribution in [0, 0.1) is 5.82 Å². The highest BCUT2D eigenvalue weighted by Crippen LogP contribution is 2.24. The number of methoxy groups -OCH3 is 1. The summed E-state index contributed by atoms with van der Waals surface area (Å²) in [7, 11) is 1.53. The summed E-state index contributed by atoms with van der Waals surface area (Å²) in [5, 5.41) is 2.46. The Morgan fingerprint density at radius 2 is 1.73 bits per heavy atom. The van der Waals surface area contributed by atoms with E-state index in [1.807, 2.05) is 0 Å². The van der Waals surface area contributed by atoms with Crippen molar-refractivity contribution in [3.8, 4) is 0 Å². The summed E-state index contributed by atoms with van der Waals surface area (Å²) in [5.74, 6) is -2.78. The summed E-state index contributed by atoms with van der Waals surface area (Å²) in [6, 6.07) is 9.15. The van der Waals surface area contributed by atoms with Crippen molar-refractivity contribution in [2.45, 2.75) is 6.42 Å². The Labute approximate surface area is 171 Å². The summed E-state index contributed by atoms with van der Waals surface area (Å²) in [6.07, 6.45) is 0.500. The predicted molar refractivity (Wildman–Crippen MR) is 104 cm³/mol. The lowest BCUT2D eigenvalue weighted by Gasteiger charge is -2.12. The third kappa shape index (κ3) is 4.69. The first-order valence-corrected chi connectivity index (χ1v) is 9.12. The van der Waals surface area contributed by atoms with Crippen LogP contribution in [0.2, 0.25) is 0 Å². The average molecular weight is 414 g/mol. The minimum absolute atomic E-state index is 0.0447. The van der Waals surface area contributed by atoms with Gasteiger partial charge in [-0.25, -0.2) is 9.18 Å². The van der Waals surface area contributed by atoms with Crippen molar-refractivity contribution in [2.75, 3.05) is 32.2 Å². The van der Waals surface area contributed by atoms with Crippen LogP contribution in [0.4, 0.5) is 10.1 Å². The molecule has 0 saturated heterocycles. The third-order valence-corrected chi connectivity index (χ3v) is 4.40. The van der Waals surface area contributed by atoms with Crippen LogP contribution in [0.3, 0.4) is 0 Å². The van der Waals surface area contributed by atoms with Crippen molar-refractivity contribution in [1.29, 1.82) is 0 Å². The molecule has 9 heteroatoms. The quantitative estimate of drug-likeness (QED) is 0.404. The number of imide groups is 1. The maximum atomic E-state index is 12.9. The molecule has 8 nitrogen and oxygen atoms in total. The number of esters is 1. The van der Waals surface area contributed by atoms with E-state index in [1.165, 1.54) is 49.6 Å². The fourth-order valence-corrected chi connectivity index (χ4v) is 2.93. The molecule has 30 heavy (non-hydrogen) atoms. The molecule has 0 fully saturated rings. The van der Waals surface area contributed by atoms with Gasteiger partial charge in [-0.15, -0.1) is 0 Å². The van der Waals surface area contributed by atoms with Crippen molar-refractivity contribution in [3.05, 3.63) is 65.0 Å². The van der Waals surface area contributed by atoms with Gasteiger partial charge in [-0.2, -0.15) is 0 Å². The number of fused-ring (bicyclic) bond motifs is 1. The van der Waals surface area contributed by atoms with Crippen LogP contribution in [0.1, 0.15) is 37.5 Å². The number of hydrogen-bond acceptors (Lipinski definition) is 6. The molecular weight excluding hydrogens is 395 g/mol. The summed E-state index contributed by atoms with van der Waals surface area (Å²) in [6.45, 7) is 0.0534. The Bertz CT molecular complexity index is 989. The molecule has 0 unspecified atom stereocenters. The van der Waals surface area contributed by atoms with Gasteiger partial charge in [-0.3, -0.25) is 19.3 Å². The minimum Gasteiger partial charge on any atom is -0.452 e. The number of rotatable bonds is 8. The van der Waals surface area contributed by atoms with Crippen molar-refractivity contribution in [2.24, 2.45) is 0 Å². The van der Waals surface area contributed by atoms with Crippen LogP contribution in [-0.4, -0.2) is 55.5 Å². The number of amides is 3. The normalized spacial score (nSPS) is 12.7. The van der Waals surface area contributed by atoms with E-state index in [0.29, 0.717) is 18.7 Å². The second-order valence-corrected chi connectivity index (χ2v) is 6.50. The first-order valence-electron chi connectivity index (χ1n) is 9.12. The molecule has 0 aromatic heterocycles. The van der Waals surface area contributed by atoms with Gasteiger partial charge in [0.2, 0.25) is 0 Å². The largest absolute Gasteiger partial charge is 0.452 e. The lowest BCUT2D eigenvalue weighted by molar-refractivity contribution is -0.119. The number of carbonyl (C=O) groups excluding carboxylic acids is 4. The molecule has 3 amide bonds. The van der Waals surface area contributed by atoms with Crippen molar-refractivity contribution < 1.29 is 33.0 Å². The van der Waals surface area contributed by atoms with E-state index in [4.69, 9.17) is 9.47 Å². The van der Waals surface area contributed by atoms with E-state index < -0.39 is 36.1 Å². The first-order chi connectivity index (χ1) is 14.4. The van der Waals surface area contributed by atoms with Crippen LogP contribution < -0.4 is 5.32 Å². The van der Waals surface area contributed by atoms with Crippen LogP contribution in [0.5, 0.6) is 0 Å². The summed E-state index contributed by atoms with van der Waals surface area (Å²) < 4.78 is 22.8. The molecule has 0 spiro atoms. The fourth-order valence-electron chi connectivity index (χ4n) is 2.93. The van der Waals surface area contributed by atoms with Gasteiger partial charge in [0.1, 0.15) is 5.82 Å². The minimum atomic E-state index is -0.815. The summed E-state index contributed by atoms with van der Waals surface area (Å²) in [5.41, 5.74) is 0.724. The number of nitrogens with zero attached hydrogens (tertiary/aromatic N) is 1. The molecule has 0 bridgehead atoms. The van der Waals surface area contributed by atoms with Gasteiger partial charge >= 0.3 is 5.97 Å². The number of nitrogens with one attached hydrogen (secondary N) is 1. The summed E-state index contributed by atoms with van der Waals surface area (Å²) >= 11 is 0. The van der Waals surface area contributed by atoms with Crippen molar-refractivity contribution >= 4 is 29.4 Å². The molecule has 3 rings (SSSR count). The van der Waals surface area contributed by atoms with Gasteiger partial charge < -0.3 is 14.8 Å². The molecule has 0 atom stereocenters. The monoisotopic (exact) mass is 414 g/mol. The molecule has 2 aromatic carbocycles. The van der Waals surface area contributed by atoms with Gasteiger partial charge in [0.15, 0.2) is 6.61 Å². The van der Waals surface area contributed by atoms with Gasteiger partial charge in [0.25, 0.3) is 17.7 Å². The van der Waals surface area contributed by atoms with Crippen molar-refractivity contribution in [1.82, 2.24) is 4.90 Å². The highest BCUT2D eigenvalue weighted by molar-refractivity contribution is 6.22. The highest BCUT2D eigenvalue weighted by Gasteiger charge is 2.35. The van der Waals surface area contributed by atoms with Crippen LogP contribution in [0.15, 0.2) is 42.5 Å². The van der Waals surface area contributed by atoms with Gasteiger partial charge in [0, 0.05) is 25.9 Å². The fraction of sp³-hybridized carbons (Fsp3) is 0.238. The Morgan fingerprint density at radius 3 is 2.43 bits per heavy atom. The molecule has 0 saturated carbocycles. The Morgan fingerprint density at radius 1 is 1.03 bits per heavy atom. The number of benzene rings is 2. The zero-order chi connectivity index (χ0) is 21.7. The lowest BCUT2D eigenvalue weighted by atomic mass is 10.1. The SMILES string of the molecule is COCCCN1C(=O)c2ccc(C(=O)OCC(=O)Nc3ccc(F)cc3)cc2C1=O. The number of anilines is 1. The average Bonchev–Trinajstić information content (AvgIpc) is 2.98. The van der Waals surface area contributed by atoms with Crippen LogP contribution in [-0.2, 0) is 14.3 Å². The van der Waals surface area contributed by atoms with Crippen molar-refractivity contribution in [3.63, 3.8) is 0 Å². The van der Waals surface area contributed by atoms with Gasteiger partial charge in [-0.1, -0.05) is 0 Å². The Kier molecular flexibility index (Phi) is 6.53. The summed E-state index contributed by atoms with van der Waals surface area (Å²) in [4.78, 5) is 50.1. The van der Waals surface area contributed by atoms with Crippen LogP contribution in [0.25, 0.3) is 0 Å². The standard InChI is InChI=1S/C21H19FN2O6/c1-29-10-2-9-24-19(26)16-8-3-13(11-17(16)20(24)27)21(28)30-12-18(25)23-15-6-4-14(22)5-7-15/h3-8,11H,2,9-10,12H2,1H3,(H,23,25). The molecule has 0 radical (unpaired) electrons. The zero-order valence-electron chi connectivity index (χ0n) is 16.1. The number of ether oxygens (including phenoxy) is 2. The highest BCUT2D eigenvalue weighted by atomic mass is 19.1. The Hall–Kier alpha value is -3.59. The molecule has 156 valence electrons. The molecule has 1 N–H and O–H groups in total. The lowest BCUT2D eigenvalue weighted by Crippen LogP contribution is -2.31. The van der Waals surface area contributed by atoms with Gasteiger partial charge in [0.05, 0.1) is 16.7 Å². The molecule has 1 aliphatic heterocycles. The number of hydrogen-bond donors (Lipinski definition) is 1. The van der Waals surface area contributed by atoms with Gasteiger partial charge in [-0.05, 0) is 48.9 Å². The van der Waals surface area contributed by atoms with E-state index in [9.17, 15) is 23.6 Å². The van der Waals surface area contributed by atoms with E-state index in [-0.39, 0.29) is 23.2 Å². The molecule has 0 aliphatic carbocycles. The number of carbonyl (C=O) groups is 4. The van der Waals surface area contributed by atoms with E-state index in [0.717, 1.165) is 4.90 Å². The molecule has 1 aliphatic rings. The third-order valence-electron chi connectivity index (χ3n) is 4.40. The first kappa shape index (κ1) is 21.1. The second-order valence-electron chi connectivity index (χ2n) is 6.50. The second kappa shape index (κ2) is 9.27. The van der Waals surface area contributed by atoms with E-state index >= 15 is 0 Å². The smallest absolute Gasteiger partial charge is 0.338 e. The molecule has 1 heterocycles. The maximum absolute atomic E-state index is 12.9.